The third-order valence-electron chi connectivity index (χ3n) is 23.2. The highest BCUT2D eigenvalue weighted by Crippen LogP contribution is 2.40. The van der Waals surface area contributed by atoms with Crippen LogP contribution in [0.25, 0.3) is 33.4 Å². The van der Waals surface area contributed by atoms with Gasteiger partial charge in [-0.05, 0) is 153 Å². The number of methoxy groups -OCH3 is 2. The quantitative estimate of drug-likeness (QED) is 0.00628. The second kappa shape index (κ2) is 50.4. The number of oxime groups is 1. The predicted molar refractivity (Wildman–Crippen MR) is 469 cm³/mol. The number of Topliss-reactive ketones (excluding diaryl/α,β-unsaturated/α-hetero) is 2. The Morgan fingerprint density at radius 2 is 1.46 bits per heavy atom. The van der Waals surface area contributed by atoms with Crippen molar-refractivity contribution in [3.8, 4) is 11.3 Å². The van der Waals surface area contributed by atoms with Crippen molar-refractivity contribution in [1.29, 1.82) is 0 Å². The van der Waals surface area contributed by atoms with Gasteiger partial charge < -0.3 is 110 Å². The topological polar surface area (TPSA) is 512 Å². The molecule has 2 saturated heterocycles. The number of ether oxygens (including phenoxy) is 10. The molecule has 38 heteroatoms. The number of esters is 1. The van der Waals surface area contributed by atoms with Gasteiger partial charge in [-0.15, -0.1) is 5.10 Å². The Bertz CT molecular complexity index is 4540. The number of fused-ring (bicyclic) bond motifs is 5. The number of carbonyl (C=O) groups excluding carboxylic acids is 7. The number of nitrogen functional groups attached to an aromatic ring is 2. The number of piperidine rings is 1. The summed E-state index contributed by atoms with van der Waals surface area (Å²) in [5.74, 6) is -8.36. The summed E-state index contributed by atoms with van der Waals surface area (Å²) in [6.07, 6.45) is 13.8. The molecule has 1 aromatic carbocycles. The molecule has 3 fully saturated rings. The van der Waals surface area contributed by atoms with E-state index in [9.17, 15) is 44.1 Å². The third kappa shape index (κ3) is 30.8. The molecule has 38 nitrogen and oxygen atoms in total. The van der Waals surface area contributed by atoms with Crippen LogP contribution < -0.4 is 33.2 Å². The summed E-state index contributed by atoms with van der Waals surface area (Å²) < 4.78 is 67.0. The summed E-state index contributed by atoms with van der Waals surface area (Å²) in [5.41, 5.74) is 23.5. The van der Waals surface area contributed by atoms with Crippen molar-refractivity contribution >= 4 is 81.0 Å². The summed E-state index contributed by atoms with van der Waals surface area (Å²) in [4.78, 5) is 116. The average molecular weight is 1780 g/mol. The first kappa shape index (κ1) is 101. The van der Waals surface area contributed by atoms with Crippen molar-refractivity contribution in [3.05, 3.63) is 84.0 Å². The number of aliphatic hydroxyl groups is 3. The van der Waals surface area contributed by atoms with Crippen LogP contribution in [0.4, 0.5) is 16.6 Å². The highest BCUT2D eigenvalue weighted by Gasteiger charge is 2.53. The van der Waals surface area contributed by atoms with E-state index < -0.39 is 107 Å². The van der Waals surface area contributed by atoms with E-state index in [2.05, 4.69) is 46.4 Å². The molecule has 2 bridgehead atoms. The van der Waals surface area contributed by atoms with Gasteiger partial charge in [-0.2, -0.15) is 10.1 Å². The lowest BCUT2D eigenvalue weighted by molar-refractivity contribution is -0.265. The van der Waals surface area contributed by atoms with Crippen molar-refractivity contribution in [2.45, 2.75) is 244 Å². The lowest BCUT2D eigenvalue weighted by atomic mass is 9.79. The van der Waals surface area contributed by atoms with Gasteiger partial charge in [0.05, 0.1) is 108 Å². The zero-order valence-corrected chi connectivity index (χ0v) is 75.4. The second-order valence-electron chi connectivity index (χ2n) is 34.3. The van der Waals surface area contributed by atoms with Crippen molar-refractivity contribution < 1.29 is 106 Å². The molecule has 1 saturated carbocycles. The number of benzene rings is 1. The van der Waals surface area contributed by atoms with Gasteiger partial charge in [-0.25, -0.2) is 28.9 Å². The normalized spacial score (nSPS) is 26.1. The zero-order valence-electron chi connectivity index (χ0n) is 75.4. The number of rotatable bonds is 36. The number of aliphatic hydroxyl groups excluding tert-OH is 2. The largest absolute Gasteiger partial charge is 0.459 e. The van der Waals surface area contributed by atoms with Crippen molar-refractivity contribution in [3.63, 3.8) is 0 Å². The first-order chi connectivity index (χ1) is 60.8. The Kier molecular flexibility index (Phi) is 40.2. The SMILES string of the molecule is CO[C@H]1C[C@@H]2CC[C@@H](C)[C@@](O)(O2)C(=O)C(=O)N2CCCC[C@H]2C(=O)O[C@H]([C@H](N)C[C@@H]2CC[C@H](n3cc(COC(=O)NCCOCCOCCOCCC(=O)NCCOCCOCCC(=O)NCCCCn4nc(-c5ccc6oc(N)nc6c5)c5c(N)ncnc54)nn3)[C@H](OC)C2)C/C(=N/OC(C)(C)C)[C@H](C)/C=C(\C)[C@@H](O)[C@@H](O)C(=O)[C@H](C)C[C@H](C)/C=C/C=CC=C1C. The number of hydrogen-bond acceptors (Lipinski definition) is 32. The number of cyclic esters (lactones) is 1. The molecule has 127 heavy (non-hydrogen) atoms. The van der Waals surface area contributed by atoms with Crippen LogP contribution in [0.1, 0.15) is 177 Å². The number of nitrogens with one attached hydrogen (secondary N) is 3. The highest BCUT2D eigenvalue weighted by atomic mass is 16.7. The number of amides is 4. The monoisotopic (exact) mass is 1780 g/mol. The maximum atomic E-state index is 15.1. The second-order valence-corrected chi connectivity index (χ2v) is 34.3. The minimum Gasteiger partial charge on any atom is -0.459 e. The van der Waals surface area contributed by atoms with E-state index in [0.717, 1.165) is 11.1 Å². The van der Waals surface area contributed by atoms with E-state index in [-0.39, 0.29) is 146 Å². The van der Waals surface area contributed by atoms with Gasteiger partial charge in [-0.3, -0.25) is 24.0 Å². The maximum Gasteiger partial charge on any atom is 0.407 e. The van der Waals surface area contributed by atoms with Gasteiger partial charge in [0.2, 0.25) is 17.6 Å². The van der Waals surface area contributed by atoms with Crippen LogP contribution in [0, 0.1) is 29.6 Å². The van der Waals surface area contributed by atoms with Gasteiger partial charge >= 0.3 is 12.1 Å². The van der Waals surface area contributed by atoms with Crippen LogP contribution in [0.2, 0.25) is 0 Å². The molecule has 5 aromatic rings. The van der Waals surface area contributed by atoms with E-state index in [0.29, 0.717) is 149 Å². The Morgan fingerprint density at radius 1 is 0.772 bits per heavy atom. The lowest BCUT2D eigenvalue weighted by Gasteiger charge is -2.42. The number of oxazole rings is 1. The Morgan fingerprint density at radius 3 is 2.17 bits per heavy atom. The molecule has 1 aliphatic carbocycles. The standard InChI is InChI=1S/C89H134N16O22/c1-55-19-13-12-14-20-56(2)71(116-10)50-64-25-22-60(6)89(115,126-64)81(111)84(112)103-33-17-15-21-69(103)85(113)124-72(51-66(101-127-88(7,8)9)57(3)46-59(5)79(109)80(110)78(108)58(4)45-55)65(90)47-61-23-26-68(73(48-61)117-11)105-52-63(99-102-105)53-123-87(114)95-32-38-121-42-44-122-43-40-119-36-29-75(107)94-31-37-120-41-39-118-35-28-74(106)93-30-16-18-34-104-83-76(82(91)96-54-97-83)77(100-104)62-24-27-70-67(49-62)98-86(92)125-70/h12-14,19-20,24,27,46,49,52,54-55,57-58,60-61,64-65,68-69,71-73,79-80,109-110,115H,15-18,21-23,25-26,28-45,47-48,50-51,53,90H2,1-11H3,(H2,92,98)(H,93,106)(H,94,107)(H,95,114)(H2,91,96,97)/b14-12?,19-13+,56-20?,59-46+,101-66-/t55-,57-,58-,60-,61+,64+,65-,68+,69+,71+,72+,73-,79-,80+,89-/m1/s1. The smallest absolute Gasteiger partial charge is 0.407 e. The van der Waals surface area contributed by atoms with Crippen LogP contribution in [0.15, 0.2) is 87.9 Å². The van der Waals surface area contributed by atoms with Crippen LogP contribution in [0.3, 0.4) is 0 Å². The molecule has 15 atom stereocenters. The van der Waals surface area contributed by atoms with Crippen LogP contribution >= 0.6 is 0 Å². The number of anilines is 2. The van der Waals surface area contributed by atoms with Crippen LogP contribution in [-0.4, -0.2) is 274 Å². The molecule has 4 aromatic heterocycles. The van der Waals surface area contributed by atoms with E-state index in [4.69, 9.17) is 78.9 Å². The van der Waals surface area contributed by atoms with Gasteiger partial charge in [-0.1, -0.05) is 74.5 Å². The fourth-order valence-corrected chi connectivity index (χ4v) is 16.0. The Labute approximate surface area is 741 Å². The summed E-state index contributed by atoms with van der Waals surface area (Å²) in [5, 5.41) is 62.4. The number of aromatic nitrogens is 8. The first-order valence-electron chi connectivity index (χ1n) is 44.3. The fraction of sp³-hybridized carbons (Fsp3) is 0.663. The molecule has 0 radical (unpaired) electrons. The molecule has 3 aliphatic heterocycles. The van der Waals surface area contributed by atoms with Crippen molar-refractivity contribution in [2.24, 2.45) is 40.5 Å². The Hall–Kier alpha value is -9.58. The predicted octanol–water partition coefficient (Wildman–Crippen LogP) is 7.21. The van der Waals surface area contributed by atoms with Crippen LogP contribution in [0.5, 0.6) is 0 Å². The summed E-state index contributed by atoms with van der Waals surface area (Å²) in [6.45, 7) is 20.0. The van der Waals surface area contributed by atoms with Gasteiger partial charge in [0.1, 0.15) is 65.6 Å². The summed E-state index contributed by atoms with van der Waals surface area (Å²) >= 11 is 0. The summed E-state index contributed by atoms with van der Waals surface area (Å²) in [7, 11) is 3.16. The molecule has 0 unspecified atom stereocenters. The molecule has 12 N–H and O–H groups in total. The summed E-state index contributed by atoms with van der Waals surface area (Å²) in [6, 6.07) is 3.11. The van der Waals surface area contributed by atoms with Crippen LogP contribution in [-0.2, 0) is 94.1 Å². The third-order valence-corrected chi connectivity index (χ3v) is 23.2. The van der Waals surface area contributed by atoms with Gasteiger partial charge in [0.25, 0.3) is 17.7 Å². The molecule has 7 heterocycles. The number of aryl methyl sites for hydroxylation is 1. The Balaban J connectivity index is 0.657. The fourth-order valence-electron chi connectivity index (χ4n) is 16.0. The van der Waals surface area contributed by atoms with E-state index in [1.165, 1.54) is 11.2 Å². The van der Waals surface area contributed by atoms with E-state index >= 15 is 4.79 Å². The molecular formula is C89H134N16O22. The number of nitrogens with two attached hydrogens (primary N) is 3. The lowest BCUT2D eigenvalue weighted by Crippen LogP contribution is -2.61. The molecular weight excluding hydrogens is 1650 g/mol. The molecule has 4 amide bonds. The number of hydrogen-bond donors (Lipinski definition) is 9. The number of ketones is 2. The van der Waals surface area contributed by atoms with Crippen molar-refractivity contribution in [2.75, 3.05) is 118 Å². The van der Waals surface area contributed by atoms with Crippen molar-refractivity contribution in [1.82, 2.24) is 60.6 Å². The number of nitrogens with zero attached hydrogens (tertiary/aromatic N) is 10. The van der Waals surface area contributed by atoms with E-state index in [1.54, 1.807) is 69.6 Å². The zero-order chi connectivity index (χ0) is 91.7. The number of alkyl carbamates (subject to hydrolysis) is 1. The van der Waals surface area contributed by atoms with E-state index in [1.807, 2.05) is 77.1 Å². The van der Waals surface area contributed by atoms with Gasteiger partial charge in [0.15, 0.2) is 17.0 Å². The number of carbonyl (C=O) groups is 7. The highest BCUT2D eigenvalue weighted by molar-refractivity contribution is 6.39. The molecule has 0 spiro atoms. The minimum absolute atomic E-state index is 0.0183. The number of allylic oxidation sites excluding steroid dienone is 6. The minimum atomic E-state index is -2.51. The molecule has 702 valence electrons. The molecule has 9 rings (SSSR count). The first-order valence-corrected chi connectivity index (χ1v) is 44.3. The number of unbranched alkanes of at least 4 members (excludes halogenated alkanes) is 1. The van der Waals surface area contributed by atoms with Gasteiger partial charge in [0, 0.05) is 102 Å². The average Bonchev–Trinajstić information content (AvgIpc) is 1.72. The molecule has 4 aliphatic rings. The maximum absolute atomic E-state index is 15.1.